The number of rotatable bonds is 6. The Morgan fingerprint density at radius 2 is 1.97 bits per heavy atom. The van der Waals surface area contributed by atoms with Crippen LogP contribution in [0.4, 0.5) is 10.1 Å². The number of sulfonamides is 1. The van der Waals surface area contributed by atoms with Crippen molar-refractivity contribution in [2.24, 2.45) is 0 Å². The van der Waals surface area contributed by atoms with Crippen molar-refractivity contribution in [1.82, 2.24) is 13.9 Å². The van der Waals surface area contributed by atoms with E-state index in [1.54, 1.807) is 0 Å². The van der Waals surface area contributed by atoms with Crippen molar-refractivity contribution >= 4 is 32.5 Å². The van der Waals surface area contributed by atoms with E-state index in [0.29, 0.717) is 5.52 Å². The van der Waals surface area contributed by atoms with Gasteiger partial charge in [-0.3, -0.25) is 14.2 Å². The summed E-state index contributed by atoms with van der Waals surface area (Å²) in [6, 6.07) is 7.87. The van der Waals surface area contributed by atoms with Crippen LogP contribution in [0.3, 0.4) is 0 Å². The zero-order chi connectivity index (χ0) is 23.6. The maximum absolute atomic E-state index is 13.5. The van der Waals surface area contributed by atoms with Crippen LogP contribution in [0.15, 0.2) is 52.4 Å². The summed E-state index contributed by atoms with van der Waals surface area (Å²) >= 11 is 0. The Hall–Kier alpha value is -3.35. The van der Waals surface area contributed by atoms with Gasteiger partial charge in [-0.2, -0.15) is 4.31 Å². The predicted octanol–water partition coefficient (Wildman–Crippen LogP) is 1.20. The van der Waals surface area contributed by atoms with Crippen molar-refractivity contribution in [1.29, 1.82) is 0 Å². The third-order valence-electron chi connectivity index (χ3n) is 5.14. The van der Waals surface area contributed by atoms with Crippen LogP contribution in [-0.4, -0.2) is 61.6 Å². The number of hydrogen-bond acceptors (Lipinski definition) is 7. The lowest BCUT2D eigenvalue weighted by atomic mass is 10.2. The molecule has 0 bridgehead atoms. The molecule has 1 N–H and O–H groups in total. The van der Waals surface area contributed by atoms with E-state index in [2.05, 4.69) is 10.3 Å². The van der Waals surface area contributed by atoms with Gasteiger partial charge in [-0.05, 0) is 36.4 Å². The molecule has 2 heterocycles. The van der Waals surface area contributed by atoms with E-state index < -0.39 is 33.9 Å². The molecule has 0 saturated carbocycles. The summed E-state index contributed by atoms with van der Waals surface area (Å²) in [5.41, 5.74) is -0.0494. The first kappa shape index (κ1) is 22.8. The highest BCUT2D eigenvalue weighted by molar-refractivity contribution is 7.89. The number of benzene rings is 2. The molecule has 1 saturated heterocycles. The van der Waals surface area contributed by atoms with E-state index >= 15 is 0 Å². The van der Waals surface area contributed by atoms with E-state index in [1.807, 2.05) is 0 Å². The van der Waals surface area contributed by atoms with Gasteiger partial charge in [0.2, 0.25) is 15.9 Å². The van der Waals surface area contributed by atoms with Crippen LogP contribution in [0.25, 0.3) is 10.9 Å². The van der Waals surface area contributed by atoms with E-state index in [-0.39, 0.29) is 48.0 Å². The Balaban J connectivity index is 1.57. The van der Waals surface area contributed by atoms with Crippen LogP contribution in [0.5, 0.6) is 5.75 Å². The second kappa shape index (κ2) is 9.25. The van der Waals surface area contributed by atoms with Gasteiger partial charge in [0.15, 0.2) is 0 Å². The molecule has 1 aromatic heterocycles. The number of ether oxygens (including phenoxy) is 2. The Bertz CT molecular complexity index is 1370. The van der Waals surface area contributed by atoms with Crippen molar-refractivity contribution in [3.8, 4) is 5.75 Å². The van der Waals surface area contributed by atoms with Gasteiger partial charge < -0.3 is 14.8 Å². The number of nitrogens with one attached hydrogen (secondary N) is 1. The molecule has 2 aromatic carbocycles. The molecule has 3 aromatic rings. The number of carbonyl (C=O) groups excluding carboxylic acids is 1. The molecule has 10 nitrogen and oxygen atoms in total. The lowest BCUT2D eigenvalue weighted by molar-refractivity contribution is -0.116. The number of halogens is 1. The zero-order valence-corrected chi connectivity index (χ0v) is 18.5. The van der Waals surface area contributed by atoms with Gasteiger partial charge in [-0.1, -0.05) is 0 Å². The Morgan fingerprint density at radius 1 is 1.21 bits per heavy atom. The molecule has 0 spiro atoms. The van der Waals surface area contributed by atoms with Crippen LogP contribution in [0.1, 0.15) is 0 Å². The third kappa shape index (κ3) is 4.72. The molecule has 12 heteroatoms. The van der Waals surface area contributed by atoms with Crippen LogP contribution in [0.2, 0.25) is 0 Å². The van der Waals surface area contributed by atoms with Crippen LogP contribution in [-0.2, 0) is 26.1 Å². The summed E-state index contributed by atoms with van der Waals surface area (Å²) in [6.07, 6.45) is 1.20. The van der Waals surface area contributed by atoms with E-state index in [1.165, 1.54) is 48.1 Å². The molecule has 174 valence electrons. The highest BCUT2D eigenvalue weighted by Crippen LogP contribution is 2.30. The van der Waals surface area contributed by atoms with E-state index in [0.717, 1.165) is 10.6 Å². The van der Waals surface area contributed by atoms with Crippen LogP contribution >= 0.6 is 0 Å². The molecular weight excluding hydrogens is 455 g/mol. The fourth-order valence-corrected chi connectivity index (χ4v) is 5.07. The van der Waals surface area contributed by atoms with Gasteiger partial charge in [0, 0.05) is 18.8 Å². The number of hydrogen-bond donors (Lipinski definition) is 1. The zero-order valence-electron chi connectivity index (χ0n) is 17.7. The topological polar surface area (TPSA) is 120 Å². The number of amides is 1. The lowest BCUT2D eigenvalue weighted by Gasteiger charge is -2.26. The summed E-state index contributed by atoms with van der Waals surface area (Å²) in [4.78, 5) is 29.1. The SMILES string of the molecule is COc1ccc(NC(=O)Cn2cnc3ccc(F)cc3c2=O)cc1S(=O)(=O)N1CCOCC1. The molecule has 33 heavy (non-hydrogen) atoms. The van der Waals surface area contributed by atoms with E-state index in [9.17, 15) is 22.4 Å². The van der Waals surface area contributed by atoms with Crippen molar-refractivity contribution < 1.29 is 27.1 Å². The van der Waals surface area contributed by atoms with Gasteiger partial charge in [-0.15, -0.1) is 0 Å². The molecule has 1 aliphatic rings. The summed E-state index contributed by atoms with van der Waals surface area (Å²) < 4.78 is 52.4. The van der Waals surface area contributed by atoms with Gasteiger partial charge >= 0.3 is 0 Å². The highest BCUT2D eigenvalue weighted by atomic mass is 32.2. The minimum atomic E-state index is -3.88. The largest absolute Gasteiger partial charge is 0.495 e. The molecule has 1 fully saturated rings. The average molecular weight is 476 g/mol. The number of anilines is 1. The quantitative estimate of drug-likeness (QED) is 0.568. The Labute approximate surface area is 188 Å². The number of fused-ring (bicyclic) bond motifs is 1. The maximum atomic E-state index is 13.5. The predicted molar refractivity (Wildman–Crippen MR) is 117 cm³/mol. The first-order valence-corrected chi connectivity index (χ1v) is 11.4. The van der Waals surface area contributed by atoms with Crippen LogP contribution in [0, 0.1) is 5.82 Å². The van der Waals surface area contributed by atoms with Gasteiger partial charge in [0.05, 0.1) is 37.6 Å². The van der Waals surface area contributed by atoms with Crippen molar-refractivity contribution in [3.63, 3.8) is 0 Å². The number of methoxy groups -OCH3 is 1. The summed E-state index contributed by atoms with van der Waals surface area (Å²) in [5.74, 6) is -1.04. The molecule has 1 aliphatic heterocycles. The highest BCUT2D eigenvalue weighted by Gasteiger charge is 2.29. The fourth-order valence-electron chi connectivity index (χ4n) is 3.48. The molecular formula is C21H21FN4O6S. The summed E-state index contributed by atoms with van der Waals surface area (Å²) in [6.45, 7) is 0.601. The summed E-state index contributed by atoms with van der Waals surface area (Å²) in [5, 5.41) is 2.63. The smallest absolute Gasteiger partial charge is 0.261 e. The van der Waals surface area contributed by atoms with Gasteiger partial charge in [-0.25, -0.2) is 17.8 Å². The minimum Gasteiger partial charge on any atom is -0.495 e. The monoisotopic (exact) mass is 476 g/mol. The first-order valence-electron chi connectivity index (χ1n) is 10.00. The Kier molecular flexibility index (Phi) is 6.40. The van der Waals surface area contributed by atoms with Gasteiger partial charge in [0.25, 0.3) is 5.56 Å². The summed E-state index contributed by atoms with van der Waals surface area (Å²) in [7, 11) is -2.53. The first-order chi connectivity index (χ1) is 15.8. The molecule has 0 radical (unpaired) electrons. The molecule has 1 amide bonds. The second-order valence-electron chi connectivity index (χ2n) is 7.27. The number of carbonyl (C=O) groups is 1. The normalized spacial score (nSPS) is 14.8. The van der Waals surface area contributed by atoms with Crippen molar-refractivity contribution in [3.05, 3.63) is 58.9 Å². The second-order valence-corrected chi connectivity index (χ2v) is 9.18. The Morgan fingerprint density at radius 3 is 2.70 bits per heavy atom. The minimum absolute atomic E-state index is 0.0497. The number of morpholine rings is 1. The number of aromatic nitrogens is 2. The van der Waals surface area contributed by atoms with Gasteiger partial charge in [0.1, 0.15) is 23.0 Å². The molecule has 0 unspecified atom stereocenters. The van der Waals surface area contributed by atoms with E-state index in [4.69, 9.17) is 9.47 Å². The average Bonchev–Trinajstić information content (AvgIpc) is 2.81. The van der Waals surface area contributed by atoms with Crippen molar-refractivity contribution in [2.75, 3.05) is 38.7 Å². The molecule has 4 rings (SSSR count). The number of nitrogens with zero attached hydrogens (tertiary/aromatic N) is 3. The third-order valence-corrected chi connectivity index (χ3v) is 7.06. The molecule has 0 aliphatic carbocycles. The molecule has 0 atom stereocenters. The van der Waals surface area contributed by atoms with Crippen molar-refractivity contribution in [2.45, 2.75) is 11.4 Å². The maximum Gasteiger partial charge on any atom is 0.261 e. The standard InChI is InChI=1S/C21H21FN4O6S/c1-31-18-5-3-15(11-19(18)33(29,30)26-6-8-32-9-7-26)24-20(27)12-25-13-23-17-4-2-14(22)10-16(17)21(25)28/h2-5,10-11,13H,6-9,12H2,1H3,(H,24,27). The van der Waals surface area contributed by atoms with Crippen LogP contribution < -0.4 is 15.6 Å². The lowest BCUT2D eigenvalue weighted by Crippen LogP contribution is -2.40. The fraction of sp³-hybridized carbons (Fsp3) is 0.286.